The highest BCUT2D eigenvalue weighted by atomic mass is 31.2. The second-order valence-electron chi connectivity index (χ2n) is 27.4. The van der Waals surface area contributed by atoms with Crippen molar-refractivity contribution < 1.29 is 80.2 Å². The first-order chi connectivity index (χ1) is 46.9. The van der Waals surface area contributed by atoms with Gasteiger partial charge in [-0.3, -0.25) is 37.3 Å². The van der Waals surface area contributed by atoms with Crippen LogP contribution < -0.4 is 0 Å². The van der Waals surface area contributed by atoms with E-state index in [9.17, 15) is 43.2 Å². The van der Waals surface area contributed by atoms with E-state index < -0.39 is 97.5 Å². The van der Waals surface area contributed by atoms with Gasteiger partial charge >= 0.3 is 39.5 Å². The molecular formula is C78H144O17P2. The predicted molar refractivity (Wildman–Crippen MR) is 395 cm³/mol. The van der Waals surface area contributed by atoms with Crippen molar-refractivity contribution in [3.05, 3.63) is 48.6 Å². The van der Waals surface area contributed by atoms with Gasteiger partial charge in [0.1, 0.15) is 19.3 Å². The molecule has 0 saturated heterocycles. The molecule has 6 atom stereocenters. The normalized spacial score (nSPS) is 14.6. The summed E-state index contributed by atoms with van der Waals surface area (Å²) in [6.45, 7) is 9.45. The van der Waals surface area contributed by atoms with Crippen LogP contribution in [-0.2, 0) is 65.4 Å². The molecule has 0 spiro atoms. The number of phosphoric ester groups is 2. The van der Waals surface area contributed by atoms with Gasteiger partial charge in [-0.25, -0.2) is 9.13 Å². The van der Waals surface area contributed by atoms with Crippen molar-refractivity contribution in [2.75, 3.05) is 39.6 Å². The third kappa shape index (κ3) is 69.9. The van der Waals surface area contributed by atoms with E-state index in [4.69, 9.17) is 37.0 Å². The molecule has 0 aromatic carbocycles. The number of aliphatic hydroxyl groups excluding tert-OH is 1. The van der Waals surface area contributed by atoms with E-state index >= 15 is 0 Å². The van der Waals surface area contributed by atoms with E-state index in [-0.39, 0.29) is 25.7 Å². The van der Waals surface area contributed by atoms with Crippen molar-refractivity contribution in [3.8, 4) is 0 Å². The predicted octanol–water partition coefficient (Wildman–Crippen LogP) is 22.2. The van der Waals surface area contributed by atoms with E-state index in [1.54, 1.807) is 0 Å². The zero-order chi connectivity index (χ0) is 71.4. The molecule has 17 nitrogen and oxygen atoms in total. The molecule has 0 radical (unpaired) electrons. The highest BCUT2D eigenvalue weighted by molar-refractivity contribution is 7.47. The molecule has 0 fully saturated rings. The summed E-state index contributed by atoms with van der Waals surface area (Å²) >= 11 is 0. The van der Waals surface area contributed by atoms with E-state index in [1.165, 1.54) is 141 Å². The summed E-state index contributed by atoms with van der Waals surface area (Å²) in [5.41, 5.74) is 0. The SMILES string of the molecule is CCCCCC/C=C\C=C/CCCCCCCC(=O)O[C@H](COC(=O)CCCCCCCCCCCCCCCCC(C)C)COP(=O)(O)OC[C@@H](O)COP(=O)(O)OC[C@@H](COC(=O)CCCCCCCCC(C)CC)OC(=O)CCCCCCC/C=C\C=C/CCCCCC. The lowest BCUT2D eigenvalue weighted by molar-refractivity contribution is -0.161. The van der Waals surface area contributed by atoms with Gasteiger partial charge in [0, 0.05) is 25.7 Å². The number of esters is 4. The van der Waals surface area contributed by atoms with Crippen LogP contribution in [0.2, 0.25) is 0 Å². The van der Waals surface area contributed by atoms with Crippen molar-refractivity contribution in [3.63, 3.8) is 0 Å². The van der Waals surface area contributed by atoms with Gasteiger partial charge in [-0.15, -0.1) is 0 Å². The van der Waals surface area contributed by atoms with Crippen molar-refractivity contribution in [2.45, 2.75) is 374 Å². The number of hydrogen-bond acceptors (Lipinski definition) is 15. The number of aliphatic hydroxyl groups is 1. The zero-order valence-corrected chi connectivity index (χ0v) is 64.1. The molecule has 0 amide bonds. The van der Waals surface area contributed by atoms with Crippen LogP contribution in [0.3, 0.4) is 0 Å². The summed E-state index contributed by atoms with van der Waals surface area (Å²) in [5.74, 6) is -0.654. The summed E-state index contributed by atoms with van der Waals surface area (Å²) in [5, 5.41) is 10.6. The third-order valence-electron chi connectivity index (χ3n) is 17.3. The second-order valence-corrected chi connectivity index (χ2v) is 30.4. The summed E-state index contributed by atoms with van der Waals surface area (Å²) in [6, 6.07) is 0. The number of carbonyl (C=O) groups is 4. The molecule has 97 heavy (non-hydrogen) atoms. The van der Waals surface area contributed by atoms with E-state index in [0.717, 1.165) is 134 Å². The van der Waals surface area contributed by atoms with Gasteiger partial charge in [-0.1, -0.05) is 302 Å². The van der Waals surface area contributed by atoms with E-state index in [1.807, 2.05) is 0 Å². The quantitative estimate of drug-likeness (QED) is 0.0169. The number of unbranched alkanes of at least 4 members (excludes halogenated alkanes) is 36. The van der Waals surface area contributed by atoms with E-state index in [0.29, 0.717) is 25.7 Å². The molecule has 0 saturated carbocycles. The monoisotopic (exact) mass is 1410 g/mol. The molecule has 0 aromatic rings. The molecule has 3 N–H and O–H groups in total. The number of hydrogen-bond donors (Lipinski definition) is 3. The Morgan fingerprint density at radius 3 is 0.918 bits per heavy atom. The topological polar surface area (TPSA) is 237 Å². The smallest absolute Gasteiger partial charge is 0.462 e. The molecule has 3 unspecified atom stereocenters. The first-order valence-corrected chi connectivity index (χ1v) is 42.2. The number of allylic oxidation sites excluding steroid dienone is 8. The fourth-order valence-corrected chi connectivity index (χ4v) is 12.5. The fourth-order valence-electron chi connectivity index (χ4n) is 10.9. The number of ether oxygens (including phenoxy) is 4. The van der Waals surface area contributed by atoms with Crippen molar-refractivity contribution >= 4 is 39.5 Å². The molecule has 0 rings (SSSR count). The van der Waals surface area contributed by atoms with Crippen LogP contribution in [0.4, 0.5) is 0 Å². The van der Waals surface area contributed by atoms with Gasteiger partial charge < -0.3 is 33.8 Å². The second kappa shape index (κ2) is 68.8. The summed E-state index contributed by atoms with van der Waals surface area (Å²) in [7, 11) is -9.94. The van der Waals surface area contributed by atoms with E-state index in [2.05, 4.69) is 90.2 Å². The van der Waals surface area contributed by atoms with Gasteiger partial charge in [0.15, 0.2) is 12.2 Å². The summed E-state index contributed by atoms with van der Waals surface area (Å²) < 4.78 is 68.5. The van der Waals surface area contributed by atoms with Gasteiger partial charge in [0.2, 0.25) is 0 Å². The fraction of sp³-hybridized carbons (Fsp3) is 0.846. The van der Waals surface area contributed by atoms with Crippen LogP contribution in [-0.4, -0.2) is 96.7 Å². The highest BCUT2D eigenvalue weighted by Gasteiger charge is 2.30. The van der Waals surface area contributed by atoms with Gasteiger partial charge in [0.25, 0.3) is 0 Å². The molecule has 0 aliphatic carbocycles. The molecule has 0 aliphatic heterocycles. The Balaban J connectivity index is 5.32. The molecule has 19 heteroatoms. The first-order valence-electron chi connectivity index (χ1n) is 39.2. The minimum atomic E-state index is -4.97. The van der Waals surface area contributed by atoms with Crippen molar-refractivity contribution in [2.24, 2.45) is 11.8 Å². The van der Waals surface area contributed by atoms with Crippen LogP contribution in [0.5, 0.6) is 0 Å². The molecule has 0 bridgehead atoms. The van der Waals surface area contributed by atoms with Crippen LogP contribution in [0.15, 0.2) is 48.6 Å². The van der Waals surface area contributed by atoms with Crippen molar-refractivity contribution in [1.82, 2.24) is 0 Å². The highest BCUT2D eigenvalue weighted by Crippen LogP contribution is 2.45. The standard InChI is InChI=1S/C78H144O17P2/c1-7-10-12-14-16-18-20-22-24-30-34-38-42-50-56-62-77(82)94-73(66-88-75(80)60-54-48-41-37-33-29-27-26-28-32-36-40-46-52-58-70(4)5)68-92-96(84,85)90-64-72(79)65-91-97(86,87)93-69-74(67-89-76(81)61-55-49-45-44-47-53-59-71(6)9-3)95-78(83)63-57-51-43-39-35-31-25-23-21-19-17-15-13-11-8-2/h18-25,70-74,79H,7-17,26-69H2,1-6H3,(H,84,85)(H,86,87)/b20-18-,21-19-,24-22-,25-23-/t71?,72-,73-,74-/m1/s1. The average Bonchev–Trinajstić information content (AvgIpc) is 1.74. The Labute approximate surface area is 591 Å². The Bertz CT molecular complexity index is 2060. The number of phosphoric acid groups is 2. The molecule has 568 valence electrons. The Morgan fingerprint density at radius 2 is 0.608 bits per heavy atom. The Hall–Kier alpha value is -2.98. The lowest BCUT2D eigenvalue weighted by Crippen LogP contribution is -2.30. The van der Waals surface area contributed by atoms with Crippen LogP contribution in [0.1, 0.15) is 356 Å². The molecule has 0 heterocycles. The average molecular weight is 1420 g/mol. The minimum absolute atomic E-state index is 0.0816. The third-order valence-corrected chi connectivity index (χ3v) is 19.2. The maximum Gasteiger partial charge on any atom is 0.472 e. The lowest BCUT2D eigenvalue weighted by atomic mass is 10.00. The van der Waals surface area contributed by atoms with Crippen LogP contribution >= 0.6 is 15.6 Å². The van der Waals surface area contributed by atoms with Crippen LogP contribution in [0.25, 0.3) is 0 Å². The summed E-state index contributed by atoms with van der Waals surface area (Å²) in [4.78, 5) is 72.8. The summed E-state index contributed by atoms with van der Waals surface area (Å²) in [6.07, 6.45) is 62.7. The lowest BCUT2D eigenvalue weighted by Gasteiger charge is -2.21. The first kappa shape index (κ1) is 94.0. The number of rotatable bonds is 73. The van der Waals surface area contributed by atoms with Crippen LogP contribution in [0, 0.1) is 11.8 Å². The van der Waals surface area contributed by atoms with Gasteiger partial charge in [0.05, 0.1) is 26.4 Å². The largest absolute Gasteiger partial charge is 0.472 e. The Morgan fingerprint density at radius 1 is 0.340 bits per heavy atom. The maximum absolute atomic E-state index is 13.1. The van der Waals surface area contributed by atoms with Crippen molar-refractivity contribution in [1.29, 1.82) is 0 Å². The molecule has 0 aliphatic rings. The zero-order valence-electron chi connectivity index (χ0n) is 62.3. The minimum Gasteiger partial charge on any atom is -0.462 e. The molecular weight excluding hydrogens is 1270 g/mol. The molecule has 0 aromatic heterocycles. The van der Waals surface area contributed by atoms with Gasteiger partial charge in [-0.2, -0.15) is 0 Å². The van der Waals surface area contributed by atoms with Gasteiger partial charge in [-0.05, 0) is 88.9 Å². The maximum atomic E-state index is 13.1. The Kier molecular flexibility index (Phi) is 66.7. The number of carbonyl (C=O) groups excluding carboxylic acids is 4.